The van der Waals surface area contributed by atoms with Gasteiger partial charge in [-0.2, -0.15) is 0 Å². The van der Waals surface area contributed by atoms with Gasteiger partial charge >= 0.3 is 0 Å². The zero-order valence-corrected chi connectivity index (χ0v) is 13.1. The van der Waals surface area contributed by atoms with E-state index in [2.05, 4.69) is 35.6 Å². The second kappa shape index (κ2) is 8.46. The predicted molar refractivity (Wildman–Crippen MR) is 85.0 cm³/mol. The highest BCUT2D eigenvalue weighted by atomic mass is 16.3. The van der Waals surface area contributed by atoms with Gasteiger partial charge in [0.15, 0.2) is 5.96 Å². The third kappa shape index (κ3) is 5.95. The summed E-state index contributed by atoms with van der Waals surface area (Å²) in [4.78, 5) is 6.78. The van der Waals surface area contributed by atoms with Crippen LogP contribution in [0.3, 0.4) is 0 Å². The van der Waals surface area contributed by atoms with Crippen molar-refractivity contribution in [1.29, 1.82) is 0 Å². The summed E-state index contributed by atoms with van der Waals surface area (Å²) in [6, 6.07) is 4.30. The number of nitrogens with one attached hydrogen (secondary N) is 1. The Labute approximate surface area is 122 Å². The summed E-state index contributed by atoms with van der Waals surface area (Å²) in [5.74, 6) is 1.90. The van der Waals surface area contributed by atoms with Crippen molar-refractivity contribution in [3.63, 3.8) is 0 Å². The van der Waals surface area contributed by atoms with Crippen molar-refractivity contribution in [3.05, 3.63) is 36.3 Å². The zero-order chi connectivity index (χ0) is 15.0. The van der Waals surface area contributed by atoms with E-state index in [4.69, 9.17) is 4.42 Å². The highest BCUT2D eigenvalue weighted by molar-refractivity contribution is 5.80. The fourth-order valence-corrected chi connectivity index (χ4v) is 1.81. The molecule has 1 unspecified atom stereocenters. The molecule has 1 atom stereocenters. The first-order valence-electron chi connectivity index (χ1n) is 7.21. The summed E-state index contributed by atoms with van der Waals surface area (Å²) < 4.78 is 5.33. The number of hydrogen-bond donors (Lipinski definition) is 1. The third-order valence-corrected chi connectivity index (χ3v) is 3.06. The fraction of sp³-hybridized carbons (Fsp3) is 0.562. The number of nitrogens with zero attached hydrogens (tertiary/aromatic N) is 2. The lowest BCUT2D eigenvalue weighted by Gasteiger charge is -2.25. The third-order valence-electron chi connectivity index (χ3n) is 3.06. The molecule has 0 aliphatic carbocycles. The quantitative estimate of drug-likeness (QED) is 0.473. The van der Waals surface area contributed by atoms with Crippen LogP contribution in [0, 0.1) is 0 Å². The molecule has 20 heavy (non-hydrogen) atoms. The first-order chi connectivity index (χ1) is 9.52. The van der Waals surface area contributed by atoms with Crippen LogP contribution in [0.2, 0.25) is 0 Å². The Balaban J connectivity index is 2.61. The highest BCUT2D eigenvalue weighted by Crippen LogP contribution is 2.02. The van der Waals surface area contributed by atoms with Gasteiger partial charge in [-0.25, -0.2) is 0 Å². The van der Waals surface area contributed by atoms with Crippen molar-refractivity contribution < 1.29 is 4.42 Å². The molecule has 1 aromatic rings. The van der Waals surface area contributed by atoms with Crippen LogP contribution in [0.25, 0.3) is 0 Å². The Morgan fingerprint density at radius 1 is 1.55 bits per heavy atom. The van der Waals surface area contributed by atoms with Gasteiger partial charge in [0.05, 0.1) is 6.26 Å². The van der Waals surface area contributed by atoms with Gasteiger partial charge in [0, 0.05) is 32.6 Å². The molecular formula is C16H27N3O. The van der Waals surface area contributed by atoms with Crippen LogP contribution in [0.4, 0.5) is 0 Å². The summed E-state index contributed by atoms with van der Waals surface area (Å²) >= 11 is 0. The molecule has 0 saturated heterocycles. The van der Waals surface area contributed by atoms with E-state index in [9.17, 15) is 0 Å². The average molecular weight is 277 g/mol. The van der Waals surface area contributed by atoms with Crippen LogP contribution >= 0.6 is 0 Å². The number of likely N-dealkylation sites (N-methyl/N-ethyl adjacent to an activating group) is 1. The Hall–Kier alpha value is -1.71. The minimum absolute atomic E-state index is 0.407. The molecule has 1 heterocycles. The summed E-state index contributed by atoms with van der Waals surface area (Å²) in [5, 5.41) is 3.46. The molecule has 0 spiro atoms. The van der Waals surface area contributed by atoms with Crippen LogP contribution in [0.5, 0.6) is 0 Å². The first-order valence-corrected chi connectivity index (χ1v) is 7.21. The second-order valence-corrected chi connectivity index (χ2v) is 5.30. The van der Waals surface area contributed by atoms with Gasteiger partial charge in [-0.1, -0.05) is 19.1 Å². The van der Waals surface area contributed by atoms with E-state index < -0.39 is 0 Å². The molecule has 0 aromatic carbocycles. The minimum atomic E-state index is 0.407. The van der Waals surface area contributed by atoms with E-state index in [1.54, 1.807) is 6.26 Å². The molecule has 4 nitrogen and oxygen atoms in total. The molecule has 0 radical (unpaired) electrons. The summed E-state index contributed by atoms with van der Waals surface area (Å²) in [5.41, 5.74) is 1.12. The number of guanidine groups is 1. The second-order valence-electron chi connectivity index (χ2n) is 5.30. The molecule has 1 aromatic heterocycles. The monoisotopic (exact) mass is 277 g/mol. The zero-order valence-electron chi connectivity index (χ0n) is 13.1. The SMILES string of the molecule is C=C(C)CN(C)C(=NCCc1ccco1)NC(C)CC. The van der Waals surface area contributed by atoms with E-state index in [1.807, 2.05) is 26.1 Å². The van der Waals surface area contributed by atoms with Crippen molar-refractivity contribution in [2.75, 3.05) is 20.1 Å². The Morgan fingerprint density at radius 2 is 2.30 bits per heavy atom. The Kier molecular flexibility index (Phi) is 6.91. The van der Waals surface area contributed by atoms with E-state index >= 15 is 0 Å². The van der Waals surface area contributed by atoms with Gasteiger partial charge in [-0.3, -0.25) is 4.99 Å². The minimum Gasteiger partial charge on any atom is -0.469 e. The van der Waals surface area contributed by atoms with Crippen molar-refractivity contribution in [3.8, 4) is 0 Å². The van der Waals surface area contributed by atoms with Crippen LogP contribution in [0.1, 0.15) is 33.0 Å². The largest absolute Gasteiger partial charge is 0.469 e. The molecule has 112 valence electrons. The fourth-order valence-electron chi connectivity index (χ4n) is 1.81. The number of aliphatic imine (C=N–C) groups is 1. The molecule has 1 rings (SSSR count). The lowest BCUT2D eigenvalue weighted by molar-refractivity contribution is 0.489. The lowest BCUT2D eigenvalue weighted by atomic mass is 10.2. The van der Waals surface area contributed by atoms with Crippen molar-refractivity contribution in [2.24, 2.45) is 4.99 Å². The van der Waals surface area contributed by atoms with E-state index in [0.717, 1.165) is 36.7 Å². The standard InChI is InChI=1S/C16H27N3O/c1-6-14(4)18-16(19(5)12-13(2)3)17-10-9-15-8-7-11-20-15/h7-8,11,14H,2,6,9-10,12H2,1,3-5H3,(H,17,18). The smallest absolute Gasteiger partial charge is 0.194 e. The molecule has 0 bridgehead atoms. The normalized spacial score (nSPS) is 13.1. The van der Waals surface area contributed by atoms with Gasteiger partial charge in [0.1, 0.15) is 5.76 Å². The summed E-state index contributed by atoms with van der Waals surface area (Å²) in [6.45, 7) is 11.8. The maximum absolute atomic E-state index is 5.33. The van der Waals surface area contributed by atoms with Gasteiger partial charge < -0.3 is 14.6 Å². The van der Waals surface area contributed by atoms with E-state index in [1.165, 1.54) is 0 Å². The topological polar surface area (TPSA) is 40.8 Å². The Morgan fingerprint density at radius 3 is 2.85 bits per heavy atom. The molecule has 1 N–H and O–H groups in total. The molecule has 0 aliphatic rings. The van der Waals surface area contributed by atoms with E-state index in [-0.39, 0.29) is 0 Å². The van der Waals surface area contributed by atoms with Gasteiger partial charge in [0.2, 0.25) is 0 Å². The van der Waals surface area contributed by atoms with Crippen molar-refractivity contribution in [1.82, 2.24) is 10.2 Å². The molecule has 0 aliphatic heterocycles. The Bertz CT molecular complexity index is 423. The maximum atomic E-state index is 5.33. The summed E-state index contributed by atoms with van der Waals surface area (Å²) in [7, 11) is 2.04. The lowest BCUT2D eigenvalue weighted by Crippen LogP contribution is -2.43. The van der Waals surface area contributed by atoms with Gasteiger partial charge in [0.25, 0.3) is 0 Å². The molecule has 4 heteroatoms. The van der Waals surface area contributed by atoms with Crippen LogP contribution < -0.4 is 5.32 Å². The maximum Gasteiger partial charge on any atom is 0.194 e. The average Bonchev–Trinajstić information content (AvgIpc) is 2.89. The molecule has 0 saturated carbocycles. The van der Waals surface area contributed by atoms with Crippen LogP contribution in [-0.2, 0) is 6.42 Å². The van der Waals surface area contributed by atoms with Crippen LogP contribution in [-0.4, -0.2) is 37.0 Å². The molecule has 0 fully saturated rings. The van der Waals surface area contributed by atoms with Crippen LogP contribution in [0.15, 0.2) is 40.0 Å². The molecule has 0 amide bonds. The number of hydrogen-bond acceptors (Lipinski definition) is 2. The number of furan rings is 1. The highest BCUT2D eigenvalue weighted by Gasteiger charge is 2.09. The van der Waals surface area contributed by atoms with Gasteiger partial charge in [-0.05, 0) is 32.4 Å². The molecular weight excluding hydrogens is 250 g/mol. The summed E-state index contributed by atoms with van der Waals surface area (Å²) in [6.07, 6.45) is 3.59. The van der Waals surface area contributed by atoms with Crippen molar-refractivity contribution in [2.45, 2.75) is 39.7 Å². The van der Waals surface area contributed by atoms with Gasteiger partial charge in [-0.15, -0.1) is 0 Å². The van der Waals surface area contributed by atoms with E-state index in [0.29, 0.717) is 12.6 Å². The number of rotatable bonds is 7. The predicted octanol–water partition coefficient (Wildman–Crippen LogP) is 3.07. The van der Waals surface area contributed by atoms with Crippen molar-refractivity contribution >= 4 is 5.96 Å². The first kappa shape index (κ1) is 16.3.